The van der Waals surface area contributed by atoms with Crippen LogP contribution in [0.4, 0.5) is 5.69 Å². The molecular formula is C21H26N2O6S. The Morgan fingerprint density at radius 3 is 2.20 bits per heavy atom. The summed E-state index contributed by atoms with van der Waals surface area (Å²) in [5.41, 5.74) is 0.421. The van der Waals surface area contributed by atoms with Gasteiger partial charge in [-0.3, -0.25) is 4.79 Å². The number of rotatable bonds is 6. The van der Waals surface area contributed by atoms with Gasteiger partial charge in [0.1, 0.15) is 5.75 Å². The van der Waals surface area contributed by atoms with Crippen molar-refractivity contribution in [3.63, 3.8) is 0 Å². The molecule has 0 saturated carbocycles. The fourth-order valence-electron chi connectivity index (χ4n) is 3.42. The predicted octanol–water partition coefficient (Wildman–Crippen LogP) is 3.23. The first-order valence-corrected chi connectivity index (χ1v) is 11.2. The van der Waals surface area contributed by atoms with Crippen LogP contribution in [0.1, 0.15) is 36.0 Å². The number of phenols is 1. The zero-order valence-corrected chi connectivity index (χ0v) is 17.9. The second-order valence-corrected chi connectivity index (χ2v) is 8.96. The van der Waals surface area contributed by atoms with Crippen LogP contribution in [0.3, 0.4) is 0 Å². The Morgan fingerprint density at radius 1 is 0.967 bits per heavy atom. The third-order valence-corrected chi connectivity index (χ3v) is 6.95. The standard InChI is InChI=1S/C21H26N2O6S/c1-28-19-10-8-16(30(26,27)23-11-5-3-4-6-12-23)14-17(19)21(25)22-15-7-9-20(29-2)18(24)13-15/h7-10,13-14,24H,3-6,11-12H2,1-2H3,(H,22,25). The van der Waals surface area contributed by atoms with Crippen molar-refractivity contribution in [2.75, 3.05) is 32.6 Å². The molecule has 1 aliphatic rings. The minimum atomic E-state index is -3.71. The quantitative estimate of drug-likeness (QED) is 0.723. The zero-order chi connectivity index (χ0) is 21.7. The van der Waals surface area contributed by atoms with Crippen LogP contribution >= 0.6 is 0 Å². The lowest BCUT2D eigenvalue weighted by Crippen LogP contribution is -2.32. The van der Waals surface area contributed by atoms with Gasteiger partial charge in [0.2, 0.25) is 10.0 Å². The van der Waals surface area contributed by atoms with Gasteiger partial charge in [-0.25, -0.2) is 8.42 Å². The predicted molar refractivity (Wildman–Crippen MR) is 113 cm³/mol. The maximum atomic E-state index is 13.1. The molecule has 0 aliphatic carbocycles. The lowest BCUT2D eigenvalue weighted by Gasteiger charge is -2.20. The highest BCUT2D eigenvalue weighted by atomic mass is 32.2. The fraction of sp³-hybridized carbons (Fsp3) is 0.381. The molecule has 1 heterocycles. The van der Waals surface area contributed by atoms with Crippen molar-refractivity contribution in [2.24, 2.45) is 0 Å². The van der Waals surface area contributed by atoms with Gasteiger partial charge in [-0.2, -0.15) is 4.31 Å². The van der Waals surface area contributed by atoms with Crippen LogP contribution in [0.25, 0.3) is 0 Å². The molecule has 9 heteroatoms. The molecule has 1 fully saturated rings. The smallest absolute Gasteiger partial charge is 0.259 e. The Hall–Kier alpha value is -2.78. The summed E-state index contributed by atoms with van der Waals surface area (Å²) in [7, 11) is -0.878. The van der Waals surface area contributed by atoms with E-state index in [2.05, 4.69) is 5.32 Å². The van der Waals surface area contributed by atoms with Crippen LogP contribution in [0.5, 0.6) is 17.2 Å². The molecule has 0 radical (unpaired) electrons. The molecule has 30 heavy (non-hydrogen) atoms. The number of hydrogen-bond donors (Lipinski definition) is 2. The summed E-state index contributed by atoms with van der Waals surface area (Å²) in [6, 6.07) is 8.70. The molecule has 2 N–H and O–H groups in total. The van der Waals surface area contributed by atoms with Crippen molar-refractivity contribution >= 4 is 21.6 Å². The fourth-order valence-corrected chi connectivity index (χ4v) is 4.97. The number of carbonyl (C=O) groups is 1. The molecule has 1 amide bonds. The summed E-state index contributed by atoms with van der Waals surface area (Å²) < 4.78 is 37.9. The number of nitrogens with zero attached hydrogens (tertiary/aromatic N) is 1. The number of phenolic OH excluding ortho intramolecular Hbond substituents is 1. The van der Waals surface area contributed by atoms with Gasteiger partial charge in [0, 0.05) is 24.8 Å². The summed E-state index contributed by atoms with van der Waals surface area (Å²) in [6.45, 7) is 0.946. The number of hydrogen-bond acceptors (Lipinski definition) is 6. The SMILES string of the molecule is COc1ccc(NC(=O)c2cc(S(=O)(=O)N3CCCCCC3)ccc2OC)cc1O. The molecule has 8 nitrogen and oxygen atoms in total. The van der Waals surface area contributed by atoms with Crippen molar-refractivity contribution in [1.29, 1.82) is 0 Å². The van der Waals surface area contributed by atoms with Gasteiger partial charge < -0.3 is 19.9 Å². The molecule has 0 atom stereocenters. The Balaban J connectivity index is 1.90. The van der Waals surface area contributed by atoms with Gasteiger partial charge in [0.05, 0.1) is 24.7 Å². The Kier molecular flexibility index (Phi) is 6.84. The summed E-state index contributed by atoms with van der Waals surface area (Å²) >= 11 is 0. The molecule has 3 rings (SSSR count). The van der Waals surface area contributed by atoms with Crippen LogP contribution in [-0.2, 0) is 10.0 Å². The number of anilines is 1. The van der Waals surface area contributed by atoms with E-state index in [1.165, 1.54) is 48.9 Å². The highest BCUT2D eigenvalue weighted by Crippen LogP contribution is 2.30. The number of benzene rings is 2. The Labute approximate surface area is 176 Å². The minimum Gasteiger partial charge on any atom is -0.504 e. The maximum Gasteiger partial charge on any atom is 0.259 e. The summed E-state index contributed by atoms with van der Waals surface area (Å²) in [6.07, 6.45) is 3.67. The number of amides is 1. The van der Waals surface area contributed by atoms with Crippen LogP contribution in [0, 0.1) is 0 Å². The molecule has 0 unspecified atom stereocenters. The molecule has 0 aromatic heterocycles. The first kappa shape index (κ1) is 21.9. The third-order valence-electron chi connectivity index (χ3n) is 5.06. The summed E-state index contributed by atoms with van der Waals surface area (Å²) in [5.74, 6) is -0.153. The molecule has 0 bridgehead atoms. The molecule has 1 saturated heterocycles. The highest BCUT2D eigenvalue weighted by molar-refractivity contribution is 7.89. The van der Waals surface area contributed by atoms with E-state index in [4.69, 9.17) is 9.47 Å². The highest BCUT2D eigenvalue weighted by Gasteiger charge is 2.27. The molecule has 2 aromatic carbocycles. The second kappa shape index (κ2) is 9.36. The largest absolute Gasteiger partial charge is 0.504 e. The van der Waals surface area contributed by atoms with Crippen molar-refractivity contribution in [3.05, 3.63) is 42.0 Å². The van der Waals surface area contributed by atoms with E-state index in [-0.39, 0.29) is 27.7 Å². The number of carbonyl (C=O) groups excluding carboxylic acids is 1. The summed E-state index contributed by atoms with van der Waals surface area (Å²) in [4.78, 5) is 12.9. The van der Waals surface area contributed by atoms with Crippen LogP contribution in [-0.4, -0.2) is 51.0 Å². The first-order valence-electron chi connectivity index (χ1n) is 9.73. The lowest BCUT2D eigenvalue weighted by molar-refractivity contribution is 0.102. The van der Waals surface area contributed by atoms with Crippen LogP contribution in [0.2, 0.25) is 0 Å². The molecular weight excluding hydrogens is 408 g/mol. The van der Waals surface area contributed by atoms with Crippen LogP contribution < -0.4 is 14.8 Å². The number of methoxy groups -OCH3 is 2. The van der Waals surface area contributed by atoms with Gasteiger partial charge in [-0.05, 0) is 43.2 Å². The number of nitrogens with one attached hydrogen (secondary N) is 1. The average molecular weight is 435 g/mol. The van der Waals surface area contributed by atoms with Crippen molar-refractivity contribution in [2.45, 2.75) is 30.6 Å². The van der Waals surface area contributed by atoms with Gasteiger partial charge >= 0.3 is 0 Å². The van der Waals surface area contributed by atoms with Crippen LogP contribution in [0.15, 0.2) is 41.3 Å². The van der Waals surface area contributed by atoms with Crippen molar-refractivity contribution in [3.8, 4) is 17.2 Å². The topological polar surface area (TPSA) is 105 Å². The van der Waals surface area contributed by atoms with Crippen molar-refractivity contribution < 1.29 is 27.8 Å². The third kappa shape index (κ3) is 4.68. The monoisotopic (exact) mass is 434 g/mol. The van der Waals surface area contributed by atoms with Gasteiger partial charge in [0.15, 0.2) is 11.5 Å². The van der Waals surface area contributed by atoms with E-state index < -0.39 is 15.9 Å². The average Bonchev–Trinajstić information content (AvgIpc) is 3.03. The molecule has 162 valence electrons. The van der Waals surface area contributed by atoms with E-state index in [0.717, 1.165) is 25.7 Å². The van der Waals surface area contributed by atoms with Gasteiger partial charge in [-0.1, -0.05) is 12.8 Å². The molecule has 2 aromatic rings. The number of aromatic hydroxyl groups is 1. The zero-order valence-electron chi connectivity index (χ0n) is 17.1. The lowest BCUT2D eigenvalue weighted by atomic mass is 10.1. The molecule has 1 aliphatic heterocycles. The normalized spacial score (nSPS) is 15.3. The van der Waals surface area contributed by atoms with Gasteiger partial charge in [-0.15, -0.1) is 0 Å². The van der Waals surface area contributed by atoms with E-state index >= 15 is 0 Å². The second-order valence-electron chi connectivity index (χ2n) is 7.02. The van der Waals surface area contributed by atoms with Gasteiger partial charge in [0.25, 0.3) is 5.91 Å². The number of sulfonamides is 1. The van der Waals surface area contributed by atoms with E-state index in [1.54, 1.807) is 6.07 Å². The first-order chi connectivity index (χ1) is 14.4. The minimum absolute atomic E-state index is 0.0490. The molecule has 0 spiro atoms. The van der Waals surface area contributed by atoms with Crippen molar-refractivity contribution in [1.82, 2.24) is 4.31 Å². The summed E-state index contributed by atoms with van der Waals surface area (Å²) in [5, 5.41) is 12.6. The Morgan fingerprint density at radius 2 is 1.60 bits per heavy atom. The number of ether oxygens (including phenoxy) is 2. The van der Waals surface area contributed by atoms with E-state index in [1.807, 2.05) is 0 Å². The Bertz CT molecular complexity index is 1010. The maximum absolute atomic E-state index is 13.1. The van der Waals surface area contributed by atoms with E-state index in [9.17, 15) is 18.3 Å². The van der Waals surface area contributed by atoms with E-state index in [0.29, 0.717) is 18.8 Å².